The van der Waals surface area contributed by atoms with Gasteiger partial charge in [-0.25, -0.2) is 4.39 Å². The summed E-state index contributed by atoms with van der Waals surface area (Å²) < 4.78 is 18.2. The second-order valence-corrected chi connectivity index (χ2v) is 3.20. The van der Waals surface area contributed by atoms with Gasteiger partial charge in [0.2, 0.25) is 0 Å². The molecule has 66 valence electrons. The molecule has 0 aliphatic carbocycles. The van der Waals surface area contributed by atoms with E-state index in [1.807, 2.05) is 0 Å². The predicted octanol–water partition coefficient (Wildman–Crippen LogP) is 2.61. The van der Waals surface area contributed by atoms with Crippen LogP contribution in [0.1, 0.15) is 5.56 Å². The Bertz CT molecular complexity index is 312. The number of phenolic OH excluding ortho intramolecular Hbond substituents is 1. The summed E-state index contributed by atoms with van der Waals surface area (Å²) in [6.45, 7) is 1.67. The first-order chi connectivity index (χ1) is 5.57. The van der Waals surface area contributed by atoms with Gasteiger partial charge in [0.25, 0.3) is 0 Å². The molecule has 1 N–H and O–H groups in total. The second kappa shape index (κ2) is 3.31. The van der Waals surface area contributed by atoms with Crippen LogP contribution in [0.5, 0.6) is 11.5 Å². The lowest BCUT2D eigenvalue weighted by molar-refractivity contribution is 0.349. The zero-order chi connectivity index (χ0) is 9.30. The van der Waals surface area contributed by atoms with E-state index in [0.29, 0.717) is 10.0 Å². The number of hydrogen-bond acceptors (Lipinski definition) is 2. The first-order valence-electron chi connectivity index (χ1n) is 3.29. The van der Waals surface area contributed by atoms with Crippen LogP contribution in [0.25, 0.3) is 0 Å². The van der Waals surface area contributed by atoms with Gasteiger partial charge >= 0.3 is 0 Å². The summed E-state index contributed by atoms with van der Waals surface area (Å²) in [6.07, 6.45) is 0. The highest BCUT2D eigenvalue weighted by molar-refractivity contribution is 9.10. The lowest BCUT2D eigenvalue weighted by atomic mass is 10.2. The Morgan fingerprint density at radius 3 is 2.67 bits per heavy atom. The molecule has 4 heteroatoms. The van der Waals surface area contributed by atoms with Crippen molar-refractivity contribution in [2.24, 2.45) is 0 Å². The maximum Gasteiger partial charge on any atom is 0.196 e. The fourth-order valence-corrected chi connectivity index (χ4v) is 1.26. The van der Waals surface area contributed by atoms with Crippen molar-refractivity contribution in [3.05, 3.63) is 21.9 Å². The number of ether oxygens (including phenoxy) is 1. The van der Waals surface area contributed by atoms with E-state index in [2.05, 4.69) is 20.7 Å². The van der Waals surface area contributed by atoms with E-state index in [1.165, 1.54) is 13.2 Å². The van der Waals surface area contributed by atoms with Crippen molar-refractivity contribution in [3.8, 4) is 11.5 Å². The van der Waals surface area contributed by atoms with Gasteiger partial charge in [-0.2, -0.15) is 0 Å². The Hall–Kier alpha value is -0.770. The number of aromatic hydroxyl groups is 1. The topological polar surface area (TPSA) is 29.5 Å². The first kappa shape index (κ1) is 9.32. The molecule has 0 amide bonds. The Morgan fingerprint density at radius 2 is 2.17 bits per heavy atom. The molecule has 0 heterocycles. The molecular formula is C8H8BrFO2. The summed E-state index contributed by atoms with van der Waals surface area (Å²) in [5, 5.41) is 9.36. The Morgan fingerprint density at radius 1 is 1.58 bits per heavy atom. The smallest absolute Gasteiger partial charge is 0.196 e. The molecule has 0 fully saturated rings. The van der Waals surface area contributed by atoms with Crippen molar-refractivity contribution in [1.82, 2.24) is 0 Å². The third kappa shape index (κ3) is 1.39. The monoisotopic (exact) mass is 234 g/mol. The van der Waals surface area contributed by atoms with Crippen molar-refractivity contribution < 1.29 is 14.2 Å². The summed E-state index contributed by atoms with van der Waals surface area (Å²) in [6, 6.07) is 1.26. The van der Waals surface area contributed by atoms with E-state index in [0.717, 1.165) is 0 Å². The molecule has 1 rings (SSSR count). The van der Waals surface area contributed by atoms with Crippen LogP contribution in [0, 0.1) is 12.7 Å². The van der Waals surface area contributed by atoms with Gasteiger partial charge in [0.1, 0.15) is 0 Å². The molecular weight excluding hydrogens is 227 g/mol. The summed E-state index contributed by atoms with van der Waals surface area (Å²) >= 11 is 3.10. The summed E-state index contributed by atoms with van der Waals surface area (Å²) in [4.78, 5) is 0. The van der Waals surface area contributed by atoms with Crippen LogP contribution < -0.4 is 4.74 Å². The predicted molar refractivity (Wildman–Crippen MR) is 47.1 cm³/mol. The maximum absolute atomic E-state index is 13.0. The highest BCUT2D eigenvalue weighted by atomic mass is 79.9. The van der Waals surface area contributed by atoms with E-state index < -0.39 is 5.82 Å². The molecule has 0 unspecified atom stereocenters. The molecule has 1 aromatic carbocycles. The minimum Gasteiger partial charge on any atom is -0.504 e. The van der Waals surface area contributed by atoms with Crippen LogP contribution in [0.3, 0.4) is 0 Å². The van der Waals surface area contributed by atoms with Crippen LogP contribution in [0.2, 0.25) is 0 Å². The van der Waals surface area contributed by atoms with Crippen LogP contribution in [-0.4, -0.2) is 12.2 Å². The Balaban J connectivity index is 3.40. The standard InChI is InChI=1S/C8H8BrFO2/c1-4-5(9)3-6(10)8(12-2)7(4)11/h3,11H,1-2H3. The third-order valence-electron chi connectivity index (χ3n) is 1.60. The minimum atomic E-state index is -0.576. The summed E-state index contributed by atoms with van der Waals surface area (Å²) in [7, 11) is 1.31. The Labute approximate surface area is 78.1 Å². The fourth-order valence-electron chi connectivity index (χ4n) is 0.876. The van der Waals surface area contributed by atoms with Gasteiger partial charge in [0.05, 0.1) is 7.11 Å². The molecule has 0 saturated carbocycles. The Kier molecular flexibility index (Phi) is 2.57. The van der Waals surface area contributed by atoms with Gasteiger partial charge < -0.3 is 9.84 Å². The third-order valence-corrected chi connectivity index (χ3v) is 2.43. The maximum atomic E-state index is 13.0. The fraction of sp³-hybridized carbons (Fsp3) is 0.250. The van der Waals surface area contributed by atoms with E-state index in [9.17, 15) is 9.50 Å². The zero-order valence-corrected chi connectivity index (χ0v) is 8.27. The van der Waals surface area contributed by atoms with E-state index in [-0.39, 0.29) is 11.5 Å². The number of methoxy groups -OCH3 is 1. The SMILES string of the molecule is COc1c(F)cc(Br)c(C)c1O. The van der Waals surface area contributed by atoms with Gasteiger partial charge in [-0.1, -0.05) is 15.9 Å². The first-order valence-corrected chi connectivity index (χ1v) is 4.08. The van der Waals surface area contributed by atoms with Crippen molar-refractivity contribution in [3.63, 3.8) is 0 Å². The molecule has 0 saturated heterocycles. The van der Waals surface area contributed by atoms with Gasteiger partial charge in [0, 0.05) is 10.0 Å². The zero-order valence-electron chi connectivity index (χ0n) is 6.69. The largest absolute Gasteiger partial charge is 0.504 e. The van der Waals surface area contributed by atoms with Crippen molar-refractivity contribution >= 4 is 15.9 Å². The number of benzene rings is 1. The number of phenols is 1. The van der Waals surface area contributed by atoms with E-state index in [4.69, 9.17) is 0 Å². The number of hydrogen-bond donors (Lipinski definition) is 1. The summed E-state index contributed by atoms with van der Waals surface area (Å²) in [5.41, 5.74) is 0.563. The van der Waals surface area contributed by atoms with Crippen molar-refractivity contribution in [1.29, 1.82) is 0 Å². The molecule has 0 radical (unpaired) electrons. The molecule has 12 heavy (non-hydrogen) atoms. The van der Waals surface area contributed by atoms with Gasteiger partial charge in [-0.15, -0.1) is 0 Å². The summed E-state index contributed by atoms with van der Waals surface area (Å²) in [5.74, 6) is -0.854. The van der Waals surface area contributed by atoms with Gasteiger partial charge in [-0.3, -0.25) is 0 Å². The quantitative estimate of drug-likeness (QED) is 0.810. The number of rotatable bonds is 1. The van der Waals surface area contributed by atoms with Gasteiger partial charge in [0.15, 0.2) is 17.3 Å². The number of halogens is 2. The molecule has 0 spiro atoms. The van der Waals surface area contributed by atoms with Crippen molar-refractivity contribution in [2.75, 3.05) is 7.11 Å². The second-order valence-electron chi connectivity index (χ2n) is 2.35. The lowest BCUT2D eigenvalue weighted by Crippen LogP contribution is -1.91. The molecule has 1 aromatic rings. The minimum absolute atomic E-state index is 0.115. The normalized spacial score (nSPS) is 10.0. The molecule has 0 bridgehead atoms. The molecule has 0 aliphatic heterocycles. The average molecular weight is 235 g/mol. The van der Waals surface area contributed by atoms with Crippen LogP contribution in [0.4, 0.5) is 4.39 Å². The average Bonchev–Trinajstić information content (AvgIpc) is 2.01. The lowest BCUT2D eigenvalue weighted by Gasteiger charge is -2.08. The van der Waals surface area contributed by atoms with Crippen LogP contribution in [0.15, 0.2) is 10.5 Å². The van der Waals surface area contributed by atoms with E-state index >= 15 is 0 Å². The van der Waals surface area contributed by atoms with Crippen LogP contribution >= 0.6 is 15.9 Å². The van der Waals surface area contributed by atoms with Gasteiger partial charge in [-0.05, 0) is 13.0 Å². The van der Waals surface area contributed by atoms with Crippen LogP contribution in [-0.2, 0) is 0 Å². The molecule has 0 aliphatic rings. The molecule has 0 aromatic heterocycles. The molecule has 2 nitrogen and oxygen atoms in total. The van der Waals surface area contributed by atoms with Crippen molar-refractivity contribution in [2.45, 2.75) is 6.92 Å². The van der Waals surface area contributed by atoms with E-state index in [1.54, 1.807) is 6.92 Å². The highest BCUT2D eigenvalue weighted by Gasteiger charge is 2.13. The molecule has 0 atom stereocenters. The highest BCUT2D eigenvalue weighted by Crippen LogP contribution is 2.36.